The topological polar surface area (TPSA) is 117 Å². The summed E-state index contributed by atoms with van der Waals surface area (Å²) in [7, 11) is 0. The Balaban J connectivity index is 2.67. The smallest absolute Gasteiger partial charge is 0.325 e. The molecule has 206 valence electrons. The Kier molecular flexibility index (Phi) is 13.0. The fourth-order valence-electron chi connectivity index (χ4n) is 3.69. The molecule has 0 radical (unpaired) electrons. The fraction of sp³-hybridized carbons (Fsp3) is 0.750. The summed E-state index contributed by atoms with van der Waals surface area (Å²) in [4.78, 5) is 50.7. The first-order valence-electron chi connectivity index (χ1n) is 12.1. The van der Waals surface area contributed by atoms with Crippen LogP contribution in [0, 0.1) is 11.3 Å². The van der Waals surface area contributed by atoms with Gasteiger partial charge >= 0.3 is 5.97 Å². The Morgan fingerprint density at radius 2 is 1.81 bits per heavy atom. The molecule has 36 heavy (non-hydrogen) atoms. The summed E-state index contributed by atoms with van der Waals surface area (Å²) in [5.74, 6) is -1.95. The van der Waals surface area contributed by atoms with Crippen molar-refractivity contribution in [3.63, 3.8) is 0 Å². The van der Waals surface area contributed by atoms with E-state index in [9.17, 15) is 19.2 Å². The molecule has 1 aliphatic rings. The lowest BCUT2D eigenvalue weighted by molar-refractivity contribution is -0.152. The number of hydrazine groups is 1. The number of alkyl halides is 3. The van der Waals surface area contributed by atoms with Crippen LogP contribution in [0.3, 0.4) is 0 Å². The summed E-state index contributed by atoms with van der Waals surface area (Å²) in [5.41, 5.74) is 2.75. The van der Waals surface area contributed by atoms with E-state index in [1.54, 1.807) is 6.92 Å². The Morgan fingerprint density at radius 3 is 2.36 bits per heavy atom. The van der Waals surface area contributed by atoms with E-state index >= 15 is 0 Å². The maximum Gasteiger partial charge on any atom is 0.325 e. The average Bonchev–Trinajstić information content (AvgIpc) is 2.78. The number of nitrogens with zero attached hydrogens (tertiary/aromatic N) is 1. The standard InChI is InChI=1S/C24H39Cl3N4O5/c1-7-11-23(5,6)12-10-18(32)29-19(15(2)3)20(33)28-16(4)21(34)31-13-8-9-17(30-31)22(35)36-14-24(25,26)27/h7,15-17,19,30H,1,8-14H2,2-6H3,(H,28,33)(H,29,32)/t16-,17-,19?/m0/s1. The Morgan fingerprint density at radius 1 is 1.17 bits per heavy atom. The minimum Gasteiger partial charge on any atom is -0.460 e. The maximum atomic E-state index is 12.9. The highest BCUT2D eigenvalue weighted by molar-refractivity contribution is 6.67. The zero-order chi connectivity index (χ0) is 27.7. The molecule has 0 aliphatic carbocycles. The lowest BCUT2D eigenvalue weighted by Crippen LogP contribution is -2.61. The number of allylic oxidation sites excluding steroid dienone is 1. The molecule has 0 aromatic rings. The summed E-state index contributed by atoms with van der Waals surface area (Å²) >= 11 is 16.8. The second kappa shape index (κ2) is 14.4. The number of halogens is 3. The van der Waals surface area contributed by atoms with Gasteiger partial charge in [0.1, 0.15) is 24.7 Å². The molecule has 1 rings (SSSR count). The third kappa shape index (κ3) is 11.7. The molecule has 1 unspecified atom stereocenters. The van der Waals surface area contributed by atoms with Gasteiger partial charge in [0.25, 0.3) is 5.91 Å². The van der Waals surface area contributed by atoms with Crippen LogP contribution < -0.4 is 16.1 Å². The summed E-state index contributed by atoms with van der Waals surface area (Å²) in [6.07, 6.45) is 4.52. The van der Waals surface area contributed by atoms with Crippen LogP contribution in [0.5, 0.6) is 0 Å². The highest BCUT2D eigenvalue weighted by Gasteiger charge is 2.34. The zero-order valence-electron chi connectivity index (χ0n) is 21.7. The monoisotopic (exact) mass is 568 g/mol. The van der Waals surface area contributed by atoms with E-state index in [-0.39, 0.29) is 23.7 Å². The number of hydrogen-bond donors (Lipinski definition) is 3. The van der Waals surface area contributed by atoms with Crippen molar-refractivity contribution in [3.8, 4) is 0 Å². The van der Waals surface area contributed by atoms with Crippen LogP contribution in [-0.2, 0) is 23.9 Å². The number of nitrogens with one attached hydrogen (secondary N) is 3. The number of carbonyl (C=O) groups excluding carboxylic acids is 4. The predicted octanol–water partition coefficient (Wildman–Crippen LogP) is 3.42. The van der Waals surface area contributed by atoms with Crippen molar-refractivity contribution in [2.24, 2.45) is 11.3 Å². The minimum absolute atomic E-state index is 0.0671. The molecule has 3 atom stereocenters. The molecule has 0 saturated carbocycles. The van der Waals surface area contributed by atoms with Crippen LogP contribution >= 0.6 is 34.8 Å². The first kappa shape index (κ1) is 32.5. The summed E-state index contributed by atoms with van der Waals surface area (Å²) < 4.78 is 3.26. The van der Waals surface area contributed by atoms with Gasteiger partial charge in [-0.1, -0.05) is 68.6 Å². The quantitative estimate of drug-likeness (QED) is 0.188. The van der Waals surface area contributed by atoms with E-state index in [4.69, 9.17) is 39.5 Å². The normalized spacial score (nSPS) is 18.2. The second-order valence-electron chi connectivity index (χ2n) is 10.2. The lowest BCUT2D eigenvalue weighted by atomic mass is 9.84. The molecule has 0 spiro atoms. The van der Waals surface area contributed by atoms with Crippen molar-refractivity contribution >= 4 is 58.5 Å². The SMILES string of the molecule is C=CCC(C)(C)CCC(=O)NC(C(=O)N[C@@H](C)C(=O)N1CCC[C@@H](C(=O)OCC(Cl)(Cl)Cl)N1)C(C)C. The van der Waals surface area contributed by atoms with Crippen molar-refractivity contribution in [2.45, 2.75) is 88.6 Å². The van der Waals surface area contributed by atoms with Gasteiger partial charge in [-0.15, -0.1) is 6.58 Å². The van der Waals surface area contributed by atoms with E-state index in [0.29, 0.717) is 25.8 Å². The molecule has 0 aromatic carbocycles. The molecule has 1 aliphatic heterocycles. The summed E-state index contributed by atoms with van der Waals surface area (Å²) in [6, 6.07) is -2.48. The first-order valence-corrected chi connectivity index (χ1v) is 13.2. The molecule has 0 bridgehead atoms. The van der Waals surface area contributed by atoms with Crippen LogP contribution in [0.25, 0.3) is 0 Å². The van der Waals surface area contributed by atoms with Crippen molar-refractivity contribution < 1.29 is 23.9 Å². The number of ether oxygens (including phenoxy) is 1. The van der Waals surface area contributed by atoms with Crippen LogP contribution in [-0.4, -0.2) is 63.8 Å². The fourth-order valence-corrected chi connectivity index (χ4v) is 3.86. The van der Waals surface area contributed by atoms with Gasteiger partial charge in [0.2, 0.25) is 15.6 Å². The Bertz CT molecular complexity index is 801. The van der Waals surface area contributed by atoms with Crippen molar-refractivity contribution in [1.82, 2.24) is 21.1 Å². The largest absolute Gasteiger partial charge is 0.460 e. The van der Waals surface area contributed by atoms with E-state index in [2.05, 4.69) is 36.5 Å². The number of esters is 1. The molecular weight excluding hydrogens is 531 g/mol. The molecule has 9 nitrogen and oxygen atoms in total. The molecule has 12 heteroatoms. The van der Waals surface area contributed by atoms with Gasteiger partial charge in [-0.2, -0.15) is 0 Å². The highest BCUT2D eigenvalue weighted by Crippen LogP contribution is 2.27. The molecular formula is C24H39Cl3N4O5. The van der Waals surface area contributed by atoms with Crippen molar-refractivity contribution in [2.75, 3.05) is 13.2 Å². The molecule has 1 saturated heterocycles. The van der Waals surface area contributed by atoms with Gasteiger partial charge in [-0.25, -0.2) is 5.43 Å². The molecule has 3 amide bonds. The zero-order valence-corrected chi connectivity index (χ0v) is 23.9. The average molecular weight is 570 g/mol. The van der Waals surface area contributed by atoms with E-state index < -0.39 is 46.3 Å². The van der Waals surface area contributed by atoms with Gasteiger partial charge in [-0.3, -0.25) is 24.2 Å². The molecule has 3 N–H and O–H groups in total. The third-order valence-corrected chi connectivity index (χ3v) is 6.16. The van der Waals surface area contributed by atoms with Gasteiger partial charge in [-0.05, 0) is 43.9 Å². The Hall–Kier alpha value is -1.55. The van der Waals surface area contributed by atoms with Crippen LogP contribution in [0.2, 0.25) is 0 Å². The van der Waals surface area contributed by atoms with Crippen LogP contribution in [0.15, 0.2) is 12.7 Å². The molecule has 1 fully saturated rings. The number of rotatable bonds is 12. The number of hydrogen-bond acceptors (Lipinski definition) is 6. The van der Waals surface area contributed by atoms with Gasteiger partial charge < -0.3 is 15.4 Å². The van der Waals surface area contributed by atoms with Crippen molar-refractivity contribution in [1.29, 1.82) is 0 Å². The number of amides is 3. The number of carbonyl (C=O) groups is 4. The minimum atomic E-state index is -1.73. The van der Waals surface area contributed by atoms with Crippen LogP contribution in [0.1, 0.15) is 66.7 Å². The summed E-state index contributed by atoms with van der Waals surface area (Å²) in [5, 5.41) is 6.75. The third-order valence-electron chi connectivity index (χ3n) is 5.84. The van der Waals surface area contributed by atoms with Crippen LogP contribution in [0.4, 0.5) is 0 Å². The van der Waals surface area contributed by atoms with Gasteiger partial charge in [0, 0.05) is 13.0 Å². The van der Waals surface area contributed by atoms with Crippen molar-refractivity contribution in [3.05, 3.63) is 12.7 Å². The van der Waals surface area contributed by atoms with Gasteiger partial charge in [0.05, 0.1) is 0 Å². The molecule has 1 heterocycles. The molecule has 0 aromatic heterocycles. The first-order chi connectivity index (χ1) is 16.6. The lowest BCUT2D eigenvalue weighted by Gasteiger charge is -2.34. The summed E-state index contributed by atoms with van der Waals surface area (Å²) in [6.45, 7) is 13.0. The second-order valence-corrected chi connectivity index (χ2v) is 12.7. The van der Waals surface area contributed by atoms with Gasteiger partial charge in [0.15, 0.2) is 0 Å². The highest BCUT2D eigenvalue weighted by atomic mass is 35.6. The predicted molar refractivity (Wildman–Crippen MR) is 141 cm³/mol. The Labute approximate surface area is 228 Å². The maximum absolute atomic E-state index is 12.9. The van der Waals surface area contributed by atoms with E-state index in [1.165, 1.54) is 5.01 Å². The van der Waals surface area contributed by atoms with E-state index in [1.807, 2.05) is 19.9 Å². The van der Waals surface area contributed by atoms with E-state index in [0.717, 1.165) is 6.42 Å².